The number of carbonyl (C=O) groups is 2. The first-order valence-electron chi connectivity index (χ1n) is 12.0. The first-order valence-corrected chi connectivity index (χ1v) is 12.8. The van der Waals surface area contributed by atoms with E-state index in [0.29, 0.717) is 33.1 Å². The van der Waals surface area contributed by atoms with Gasteiger partial charge in [0.15, 0.2) is 0 Å². The summed E-state index contributed by atoms with van der Waals surface area (Å²) in [7, 11) is 0. The minimum atomic E-state index is -4.64. The van der Waals surface area contributed by atoms with Crippen LogP contribution in [0.5, 0.6) is 0 Å². The van der Waals surface area contributed by atoms with Gasteiger partial charge in [-0.2, -0.15) is 13.2 Å². The minimum Gasteiger partial charge on any atom is -0.481 e. The number of carbonyl (C=O) groups excluding carboxylic acids is 1. The summed E-state index contributed by atoms with van der Waals surface area (Å²) in [4.78, 5) is 35.5. The highest BCUT2D eigenvalue weighted by Gasteiger charge is 2.49. The zero-order valence-corrected chi connectivity index (χ0v) is 22.2. The number of benzene rings is 1. The molecule has 208 valence electrons. The monoisotopic (exact) mass is 564 g/mol. The van der Waals surface area contributed by atoms with Crippen molar-refractivity contribution >= 4 is 34.9 Å². The van der Waals surface area contributed by atoms with Crippen LogP contribution in [-0.4, -0.2) is 37.1 Å². The van der Waals surface area contributed by atoms with Gasteiger partial charge in [-0.1, -0.05) is 13.8 Å². The van der Waals surface area contributed by atoms with E-state index >= 15 is 0 Å². The number of nitrogens with one attached hydrogen (secondary N) is 1. The van der Waals surface area contributed by atoms with E-state index in [9.17, 15) is 33.0 Å². The summed E-state index contributed by atoms with van der Waals surface area (Å²) in [5.74, 6) is -2.24. The number of carboxylic acid groups (broad SMARTS) is 1. The number of alkyl halides is 3. The topological polar surface area (TPSA) is 135 Å². The molecule has 13 heteroatoms. The lowest BCUT2D eigenvalue weighted by Gasteiger charge is -2.44. The maximum Gasteiger partial charge on any atom is 0.433 e. The van der Waals surface area contributed by atoms with Crippen molar-refractivity contribution in [1.29, 1.82) is 0 Å². The predicted octanol–water partition coefficient (Wildman–Crippen LogP) is 5.52. The van der Waals surface area contributed by atoms with Crippen LogP contribution in [0.15, 0.2) is 36.7 Å². The van der Waals surface area contributed by atoms with Gasteiger partial charge in [-0.25, -0.2) is 15.0 Å². The number of aromatic nitrogens is 3. The third-order valence-corrected chi connectivity index (χ3v) is 7.90. The Morgan fingerprint density at radius 2 is 1.97 bits per heavy atom. The number of carboxylic acids is 1. The number of aliphatic hydroxyl groups is 1. The molecule has 1 saturated carbocycles. The molecule has 39 heavy (non-hydrogen) atoms. The van der Waals surface area contributed by atoms with Crippen LogP contribution < -0.4 is 5.32 Å². The molecule has 2 atom stereocenters. The number of hydrogen-bond acceptors (Lipinski definition) is 9. The summed E-state index contributed by atoms with van der Waals surface area (Å²) in [5, 5.41) is 24.2. The van der Waals surface area contributed by atoms with E-state index < -0.39 is 40.7 Å². The van der Waals surface area contributed by atoms with Gasteiger partial charge < -0.3 is 20.3 Å². The molecule has 0 saturated heterocycles. The predicted molar refractivity (Wildman–Crippen MR) is 136 cm³/mol. The molecule has 0 radical (unpaired) electrons. The summed E-state index contributed by atoms with van der Waals surface area (Å²) in [5.41, 5.74) is -1.55. The maximum absolute atomic E-state index is 13.1. The highest BCUT2D eigenvalue weighted by molar-refractivity contribution is 7.15. The van der Waals surface area contributed by atoms with E-state index in [4.69, 9.17) is 4.74 Å². The van der Waals surface area contributed by atoms with Gasteiger partial charge in [0, 0.05) is 25.0 Å². The number of nitrogens with zero attached hydrogens (tertiary/aromatic N) is 3. The zero-order valence-electron chi connectivity index (χ0n) is 21.4. The smallest absolute Gasteiger partial charge is 0.433 e. The summed E-state index contributed by atoms with van der Waals surface area (Å²) < 4.78 is 44.4. The zero-order chi connectivity index (χ0) is 28.6. The third kappa shape index (κ3) is 6.53. The molecule has 2 aromatic heterocycles. The van der Waals surface area contributed by atoms with Crippen molar-refractivity contribution < 1.29 is 37.7 Å². The molecule has 3 aromatic rings. The number of aliphatic carboxylic acids is 1. The fourth-order valence-corrected chi connectivity index (χ4v) is 5.90. The first-order chi connectivity index (χ1) is 18.2. The standard InChI is InChI=1S/C26H27F3N4O5S/c1-14(34)38-12-15-8-16(10-17(9-15)32-23-30-7-5-20(33-23)26(27,28)29)19-11-31-22(39-19)25(37)6-4-18(21(35)36)24(2,3)13-25/h5,7-11,18,37H,4,6,12-13H2,1-3H3,(H,35,36)(H,30,32,33)/t18-,25-/m1/s1. The Hall–Kier alpha value is -3.58. The molecular weight excluding hydrogens is 537 g/mol. The molecule has 3 N–H and O–H groups in total. The molecule has 0 spiro atoms. The number of esters is 1. The van der Waals surface area contributed by atoms with Crippen molar-refractivity contribution in [1.82, 2.24) is 15.0 Å². The lowest BCUT2D eigenvalue weighted by molar-refractivity contribution is -0.154. The van der Waals surface area contributed by atoms with Crippen LogP contribution in [0, 0.1) is 11.3 Å². The Labute approximate surface area is 226 Å². The summed E-state index contributed by atoms with van der Waals surface area (Å²) >= 11 is 1.23. The van der Waals surface area contributed by atoms with Crippen molar-refractivity contribution in [3.63, 3.8) is 0 Å². The van der Waals surface area contributed by atoms with Gasteiger partial charge in [0.1, 0.15) is 22.9 Å². The summed E-state index contributed by atoms with van der Waals surface area (Å²) in [6.45, 7) is 4.81. The van der Waals surface area contributed by atoms with Crippen LogP contribution in [0.4, 0.5) is 24.8 Å². The average molecular weight is 565 g/mol. The van der Waals surface area contributed by atoms with Crippen LogP contribution in [0.2, 0.25) is 0 Å². The van der Waals surface area contributed by atoms with E-state index in [0.717, 1.165) is 12.3 Å². The fourth-order valence-electron chi connectivity index (χ4n) is 4.88. The lowest BCUT2D eigenvalue weighted by atomic mass is 9.63. The number of halogens is 3. The van der Waals surface area contributed by atoms with Crippen molar-refractivity contribution in [2.75, 3.05) is 5.32 Å². The number of rotatable bonds is 7. The van der Waals surface area contributed by atoms with E-state index in [1.807, 2.05) is 13.8 Å². The molecule has 4 rings (SSSR count). The molecule has 1 aromatic carbocycles. The van der Waals surface area contributed by atoms with Crippen molar-refractivity contribution in [2.45, 2.75) is 58.4 Å². The molecule has 0 bridgehead atoms. The van der Waals surface area contributed by atoms with Crippen LogP contribution in [0.25, 0.3) is 10.4 Å². The second-order valence-electron chi connectivity index (χ2n) is 10.2. The number of thiazole rings is 1. The molecule has 0 unspecified atom stereocenters. The van der Waals surface area contributed by atoms with E-state index in [2.05, 4.69) is 20.3 Å². The Bertz CT molecular complexity index is 1390. The minimum absolute atomic E-state index is 0.0817. The van der Waals surface area contributed by atoms with E-state index in [1.54, 1.807) is 24.4 Å². The highest BCUT2D eigenvalue weighted by Crippen LogP contribution is 2.51. The first kappa shape index (κ1) is 28.4. The lowest BCUT2D eigenvalue weighted by Crippen LogP contribution is -2.44. The summed E-state index contributed by atoms with van der Waals surface area (Å²) in [6.07, 6.45) is -1.30. The number of hydrogen-bond donors (Lipinski definition) is 3. The van der Waals surface area contributed by atoms with Gasteiger partial charge in [-0.3, -0.25) is 9.59 Å². The van der Waals surface area contributed by atoms with Crippen molar-refractivity contribution in [3.05, 3.63) is 52.9 Å². The van der Waals surface area contributed by atoms with Crippen LogP contribution in [0.1, 0.15) is 56.3 Å². The number of anilines is 2. The molecule has 2 heterocycles. The van der Waals surface area contributed by atoms with Gasteiger partial charge in [0.2, 0.25) is 5.95 Å². The molecular formula is C26H27F3N4O5S. The highest BCUT2D eigenvalue weighted by atomic mass is 32.1. The van der Waals surface area contributed by atoms with Crippen LogP contribution in [-0.2, 0) is 32.7 Å². The average Bonchev–Trinajstić information content (AvgIpc) is 3.33. The molecule has 1 fully saturated rings. The molecule has 1 aliphatic rings. The molecule has 1 aliphatic carbocycles. The largest absolute Gasteiger partial charge is 0.481 e. The second-order valence-corrected chi connectivity index (χ2v) is 11.3. The normalized spacial score (nSPS) is 20.8. The number of ether oxygens (including phenoxy) is 1. The van der Waals surface area contributed by atoms with E-state index in [1.165, 1.54) is 18.3 Å². The van der Waals surface area contributed by atoms with Gasteiger partial charge in [0.05, 0.1) is 10.8 Å². The Morgan fingerprint density at radius 3 is 2.62 bits per heavy atom. The molecule has 0 aliphatic heterocycles. The van der Waals surface area contributed by atoms with Gasteiger partial charge in [-0.15, -0.1) is 11.3 Å². The van der Waals surface area contributed by atoms with Gasteiger partial charge >= 0.3 is 18.1 Å². The quantitative estimate of drug-likeness (QED) is 0.317. The van der Waals surface area contributed by atoms with E-state index in [-0.39, 0.29) is 25.4 Å². The fraction of sp³-hybridized carbons (Fsp3) is 0.423. The van der Waals surface area contributed by atoms with Gasteiger partial charge in [0.25, 0.3) is 0 Å². The Kier molecular flexibility index (Phi) is 7.68. The van der Waals surface area contributed by atoms with Crippen molar-refractivity contribution in [2.24, 2.45) is 11.3 Å². The Balaban J connectivity index is 1.66. The molecule has 9 nitrogen and oxygen atoms in total. The Morgan fingerprint density at radius 1 is 1.23 bits per heavy atom. The molecule has 0 amide bonds. The SMILES string of the molecule is CC(=O)OCc1cc(Nc2nccc(C(F)(F)F)n2)cc(-c2cnc([C@@]3(O)CC[C@H](C(=O)O)C(C)(C)C3)s2)c1. The van der Waals surface area contributed by atoms with Crippen LogP contribution >= 0.6 is 11.3 Å². The third-order valence-electron chi connectivity index (χ3n) is 6.66. The van der Waals surface area contributed by atoms with Crippen molar-refractivity contribution in [3.8, 4) is 10.4 Å². The summed E-state index contributed by atoms with van der Waals surface area (Å²) in [6, 6.07) is 5.77. The second kappa shape index (κ2) is 10.5. The van der Waals surface area contributed by atoms with Gasteiger partial charge in [-0.05, 0) is 60.1 Å². The maximum atomic E-state index is 13.1. The van der Waals surface area contributed by atoms with Crippen LogP contribution in [0.3, 0.4) is 0 Å².